The summed E-state index contributed by atoms with van der Waals surface area (Å²) in [6, 6.07) is 0. The van der Waals surface area contributed by atoms with E-state index < -0.39 is 9.05 Å². The second-order valence-electron chi connectivity index (χ2n) is 3.85. The molecule has 2 rings (SSSR count). The molecule has 1 aromatic rings. The Morgan fingerprint density at radius 2 is 2.12 bits per heavy atom. The van der Waals surface area contributed by atoms with Crippen LogP contribution in [0.25, 0.3) is 0 Å². The van der Waals surface area contributed by atoms with Crippen LogP contribution in [0.3, 0.4) is 0 Å². The van der Waals surface area contributed by atoms with Crippen LogP contribution < -0.4 is 0 Å². The summed E-state index contributed by atoms with van der Waals surface area (Å²) < 4.78 is 29.3. The van der Waals surface area contributed by atoms with Gasteiger partial charge in [-0.3, -0.25) is 0 Å². The average molecular weight is 266 g/mol. The minimum atomic E-state index is -3.85. The van der Waals surface area contributed by atoms with Crippen molar-refractivity contribution in [1.29, 1.82) is 0 Å². The van der Waals surface area contributed by atoms with Crippen molar-refractivity contribution in [2.24, 2.45) is 7.05 Å². The summed E-state index contributed by atoms with van der Waals surface area (Å²) in [6.07, 6.45) is 1.72. The Morgan fingerprint density at radius 3 is 2.56 bits per heavy atom. The molecule has 0 aliphatic carbocycles. The van der Waals surface area contributed by atoms with E-state index >= 15 is 0 Å². The van der Waals surface area contributed by atoms with Gasteiger partial charge in [0.05, 0.1) is 6.10 Å². The molecule has 0 amide bonds. The lowest BCUT2D eigenvalue weighted by Crippen LogP contribution is -2.09. The molecule has 1 fully saturated rings. The number of hydrogen-bond acceptors (Lipinski definition) is 5. The summed E-state index contributed by atoms with van der Waals surface area (Å²) in [7, 11) is 2.94. The van der Waals surface area contributed by atoms with Crippen molar-refractivity contribution in [2.45, 2.75) is 37.1 Å². The van der Waals surface area contributed by atoms with Gasteiger partial charge in [-0.05, 0) is 19.8 Å². The monoisotopic (exact) mass is 265 g/mol. The standard InChI is InChI=1S/C8H12ClN3O3S/c1-5-3-4-6(15-5)7-10-11-8(12(7)2)16(9,13)14/h5-6H,3-4H2,1-2H3. The van der Waals surface area contributed by atoms with Crippen molar-refractivity contribution in [3.8, 4) is 0 Å². The zero-order valence-electron chi connectivity index (χ0n) is 8.92. The van der Waals surface area contributed by atoms with Crippen molar-refractivity contribution in [1.82, 2.24) is 14.8 Å². The van der Waals surface area contributed by atoms with Gasteiger partial charge in [0, 0.05) is 17.7 Å². The maximum atomic E-state index is 11.1. The summed E-state index contributed by atoms with van der Waals surface area (Å²) in [4.78, 5) is 0. The van der Waals surface area contributed by atoms with E-state index in [2.05, 4.69) is 10.2 Å². The highest BCUT2D eigenvalue weighted by Crippen LogP contribution is 2.31. The summed E-state index contributed by atoms with van der Waals surface area (Å²) in [5.41, 5.74) is 0. The highest BCUT2D eigenvalue weighted by molar-refractivity contribution is 8.13. The van der Waals surface area contributed by atoms with E-state index in [0.717, 1.165) is 12.8 Å². The van der Waals surface area contributed by atoms with Gasteiger partial charge in [-0.2, -0.15) is 0 Å². The molecule has 16 heavy (non-hydrogen) atoms. The summed E-state index contributed by atoms with van der Waals surface area (Å²) in [5, 5.41) is 7.15. The van der Waals surface area contributed by atoms with Gasteiger partial charge in [0.1, 0.15) is 6.10 Å². The minimum Gasteiger partial charge on any atom is -0.367 e. The lowest BCUT2D eigenvalue weighted by Gasteiger charge is -2.09. The molecule has 0 aromatic carbocycles. The molecule has 1 saturated heterocycles. The molecule has 2 atom stereocenters. The fourth-order valence-electron chi connectivity index (χ4n) is 1.81. The summed E-state index contributed by atoms with van der Waals surface area (Å²) >= 11 is 0. The highest BCUT2D eigenvalue weighted by Gasteiger charge is 2.30. The highest BCUT2D eigenvalue weighted by atomic mass is 35.7. The first-order chi connectivity index (χ1) is 7.39. The quantitative estimate of drug-likeness (QED) is 0.746. The van der Waals surface area contributed by atoms with E-state index in [1.54, 1.807) is 7.05 Å². The van der Waals surface area contributed by atoms with Crippen LogP contribution in [-0.2, 0) is 20.8 Å². The van der Waals surface area contributed by atoms with Crippen LogP contribution in [0.1, 0.15) is 31.7 Å². The zero-order valence-corrected chi connectivity index (χ0v) is 10.5. The third kappa shape index (κ3) is 2.07. The lowest BCUT2D eigenvalue weighted by molar-refractivity contribution is 0.0482. The maximum absolute atomic E-state index is 11.1. The van der Waals surface area contributed by atoms with Crippen LogP contribution in [-0.4, -0.2) is 29.3 Å². The third-order valence-corrected chi connectivity index (χ3v) is 3.81. The first kappa shape index (κ1) is 11.8. The number of ether oxygens (including phenoxy) is 1. The Labute approximate surface area is 98.0 Å². The van der Waals surface area contributed by atoms with Gasteiger partial charge in [0.15, 0.2) is 5.82 Å². The Kier molecular flexibility index (Phi) is 2.93. The molecule has 0 bridgehead atoms. The van der Waals surface area contributed by atoms with Crippen LogP contribution in [0.15, 0.2) is 5.16 Å². The second-order valence-corrected chi connectivity index (χ2v) is 6.31. The molecule has 0 spiro atoms. The molecule has 2 heterocycles. The fraction of sp³-hybridized carbons (Fsp3) is 0.750. The van der Waals surface area contributed by atoms with Crippen LogP contribution in [0.5, 0.6) is 0 Å². The van der Waals surface area contributed by atoms with E-state index in [1.165, 1.54) is 4.57 Å². The maximum Gasteiger partial charge on any atom is 0.296 e. The van der Waals surface area contributed by atoms with Crippen LogP contribution >= 0.6 is 10.7 Å². The lowest BCUT2D eigenvalue weighted by atomic mass is 10.2. The molecule has 8 heteroatoms. The zero-order chi connectivity index (χ0) is 11.9. The Morgan fingerprint density at radius 1 is 1.44 bits per heavy atom. The van der Waals surface area contributed by atoms with Crippen LogP contribution in [0, 0.1) is 0 Å². The first-order valence-electron chi connectivity index (χ1n) is 4.89. The smallest absolute Gasteiger partial charge is 0.296 e. The molecule has 90 valence electrons. The Bertz CT molecular complexity index is 499. The van der Waals surface area contributed by atoms with Gasteiger partial charge in [-0.15, -0.1) is 10.2 Å². The van der Waals surface area contributed by atoms with E-state index in [9.17, 15) is 8.42 Å². The fourth-order valence-corrected chi connectivity index (χ4v) is 2.77. The molecule has 1 aliphatic heterocycles. The molecule has 1 aromatic heterocycles. The molecular weight excluding hydrogens is 254 g/mol. The van der Waals surface area contributed by atoms with Crippen molar-refractivity contribution >= 4 is 19.7 Å². The number of rotatable bonds is 2. The van der Waals surface area contributed by atoms with E-state index in [0.29, 0.717) is 5.82 Å². The van der Waals surface area contributed by atoms with E-state index in [-0.39, 0.29) is 17.4 Å². The molecule has 0 N–H and O–H groups in total. The Hall–Kier alpha value is -0.660. The van der Waals surface area contributed by atoms with Crippen LogP contribution in [0.4, 0.5) is 0 Å². The number of halogens is 1. The van der Waals surface area contributed by atoms with Gasteiger partial charge in [0.2, 0.25) is 0 Å². The van der Waals surface area contributed by atoms with Gasteiger partial charge < -0.3 is 9.30 Å². The van der Waals surface area contributed by atoms with Gasteiger partial charge in [-0.25, -0.2) is 8.42 Å². The predicted molar refractivity (Wildman–Crippen MR) is 56.6 cm³/mol. The normalized spacial score (nSPS) is 26.2. The molecule has 0 saturated carbocycles. The average Bonchev–Trinajstić information content (AvgIpc) is 2.70. The number of aromatic nitrogens is 3. The van der Waals surface area contributed by atoms with E-state index in [4.69, 9.17) is 15.4 Å². The summed E-state index contributed by atoms with van der Waals surface area (Å²) in [6.45, 7) is 1.97. The Balaban J connectivity index is 2.34. The molecule has 0 radical (unpaired) electrons. The molecule has 6 nitrogen and oxygen atoms in total. The SMILES string of the molecule is CC1CCC(c2nnc(S(=O)(=O)Cl)n2C)O1. The van der Waals surface area contributed by atoms with Crippen molar-refractivity contribution in [2.75, 3.05) is 0 Å². The predicted octanol–water partition coefficient (Wildman–Crippen LogP) is 0.983. The second kappa shape index (κ2) is 3.97. The van der Waals surface area contributed by atoms with E-state index in [1.807, 2.05) is 6.92 Å². The molecular formula is C8H12ClN3O3S. The number of hydrogen-bond donors (Lipinski definition) is 0. The van der Waals surface area contributed by atoms with Gasteiger partial charge in [-0.1, -0.05) is 0 Å². The van der Waals surface area contributed by atoms with Crippen molar-refractivity contribution in [3.63, 3.8) is 0 Å². The van der Waals surface area contributed by atoms with Crippen molar-refractivity contribution < 1.29 is 13.2 Å². The molecule has 1 aliphatic rings. The topological polar surface area (TPSA) is 74.1 Å². The largest absolute Gasteiger partial charge is 0.367 e. The summed E-state index contributed by atoms with van der Waals surface area (Å²) in [5.74, 6) is 0.503. The van der Waals surface area contributed by atoms with Gasteiger partial charge >= 0.3 is 0 Å². The van der Waals surface area contributed by atoms with Gasteiger partial charge in [0.25, 0.3) is 14.2 Å². The third-order valence-electron chi connectivity index (χ3n) is 2.61. The van der Waals surface area contributed by atoms with Crippen LogP contribution in [0.2, 0.25) is 0 Å². The first-order valence-corrected chi connectivity index (χ1v) is 7.20. The minimum absolute atomic E-state index is 0.165. The number of nitrogens with zero attached hydrogens (tertiary/aromatic N) is 3. The molecule has 2 unspecified atom stereocenters. The van der Waals surface area contributed by atoms with Crippen molar-refractivity contribution in [3.05, 3.63) is 5.82 Å².